The third kappa shape index (κ3) is 2.94. The molecule has 0 aliphatic carbocycles. The SMILES string of the molecule is COc1ccc(OC)c2c(C)cc(N3C[C@@H](C)C[C@H](C)C3)nc12. The third-order valence-electron chi connectivity index (χ3n) is 4.70. The fourth-order valence-electron chi connectivity index (χ4n) is 3.81. The van der Waals surface area contributed by atoms with Crippen LogP contribution in [-0.2, 0) is 0 Å². The van der Waals surface area contributed by atoms with Crippen molar-refractivity contribution < 1.29 is 9.47 Å². The van der Waals surface area contributed by atoms with Crippen molar-refractivity contribution >= 4 is 16.7 Å². The molecule has 0 saturated carbocycles. The maximum Gasteiger partial charge on any atom is 0.145 e. The predicted octanol–water partition coefficient (Wildman–Crippen LogP) is 4.04. The summed E-state index contributed by atoms with van der Waals surface area (Å²) in [7, 11) is 3.39. The number of hydrogen-bond acceptors (Lipinski definition) is 4. The number of rotatable bonds is 3. The second-order valence-corrected chi connectivity index (χ2v) is 6.84. The molecular formula is C19H26N2O2. The molecule has 2 heterocycles. The first-order valence-corrected chi connectivity index (χ1v) is 8.30. The van der Waals surface area contributed by atoms with Crippen molar-refractivity contribution in [3.05, 3.63) is 23.8 Å². The van der Waals surface area contributed by atoms with Crippen LogP contribution in [-0.4, -0.2) is 32.3 Å². The zero-order valence-corrected chi connectivity index (χ0v) is 14.7. The summed E-state index contributed by atoms with van der Waals surface area (Å²) in [5.74, 6) is 4.08. The predicted molar refractivity (Wildman–Crippen MR) is 94.7 cm³/mol. The van der Waals surface area contributed by atoms with Crippen molar-refractivity contribution in [2.45, 2.75) is 27.2 Å². The summed E-state index contributed by atoms with van der Waals surface area (Å²) >= 11 is 0. The molecule has 1 aliphatic heterocycles. The van der Waals surface area contributed by atoms with Crippen LogP contribution in [0, 0.1) is 18.8 Å². The third-order valence-corrected chi connectivity index (χ3v) is 4.70. The van der Waals surface area contributed by atoms with E-state index in [0.717, 1.165) is 41.3 Å². The molecule has 1 aliphatic rings. The molecule has 2 atom stereocenters. The Morgan fingerprint density at radius 2 is 1.65 bits per heavy atom. The molecule has 1 fully saturated rings. The second-order valence-electron chi connectivity index (χ2n) is 6.84. The van der Waals surface area contributed by atoms with Crippen molar-refractivity contribution in [3.8, 4) is 11.5 Å². The number of fused-ring (bicyclic) bond motifs is 1. The molecule has 0 amide bonds. The first-order chi connectivity index (χ1) is 11.0. The van der Waals surface area contributed by atoms with Gasteiger partial charge in [-0.1, -0.05) is 13.8 Å². The first-order valence-electron chi connectivity index (χ1n) is 8.30. The Hall–Kier alpha value is -1.97. The number of nitrogens with zero attached hydrogens (tertiary/aromatic N) is 2. The largest absolute Gasteiger partial charge is 0.496 e. The zero-order chi connectivity index (χ0) is 16.6. The van der Waals surface area contributed by atoms with Gasteiger partial charge >= 0.3 is 0 Å². The Kier molecular flexibility index (Phi) is 4.33. The minimum absolute atomic E-state index is 0.698. The van der Waals surface area contributed by atoms with Gasteiger partial charge in [-0.3, -0.25) is 0 Å². The minimum Gasteiger partial charge on any atom is -0.496 e. The normalized spacial score (nSPS) is 21.5. The number of pyridine rings is 1. The van der Waals surface area contributed by atoms with E-state index in [-0.39, 0.29) is 0 Å². The van der Waals surface area contributed by atoms with Crippen LogP contribution in [0.4, 0.5) is 5.82 Å². The minimum atomic E-state index is 0.698. The number of benzene rings is 1. The molecule has 4 heteroatoms. The van der Waals surface area contributed by atoms with Crippen LogP contribution in [0.2, 0.25) is 0 Å². The smallest absolute Gasteiger partial charge is 0.145 e. The van der Waals surface area contributed by atoms with Crippen LogP contribution in [0.1, 0.15) is 25.8 Å². The maximum absolute atomic E-state index is 5.53. The van der Waals surface area contributed by atoms with Gasteiger partial charge in [0.1, 0.15) is 22.8 Å². The number of piperidine rings is 1. The van der Waals surface area contributed by atoms with Gasteiger partial charge in [0, 0.05) is 18.5 Å². The molecule has 4 nitrogen and oxygen atoms in total. The molecule has 3 rings (SSSR count). The molecule has 0 unspecified atom stereocenters. The lowest BCUT2D eigenvalue weighted by Crippen LogP contribution is -2.39. The van der Waals surface area contributed by atoms with Crippen LogP contribution in [0.25, 0.3) is 10.9 Å². The van der Waals surface area contributed by atoms with Crippen LogP contribution >= 0.6 is 0 Å². The van der Waals surface area contributed by atoms with Gasteiger partial charge in [0.2, 0.25) is 0 Å². The second kappa shape index (κ2) is 6.26. The molecule has 0 N–H and O–H groups in total. The van der Waals surface area contributed by atoms with E-state index in [1.165, 1.54) is 12.0 Å². The van der Waals surface area contributed by atoms with Gasteiger partial charge in [-0.05, 0) is 48.9 Å². The van der Waals surface area contributed by atoms with Crippen LogP contribution in [0.5, 0.6) is 11.5 Å². The van der Waals surface area contributed by atoms with E-state index in [2.05, 4.69) is 31.7 Å². The lowest BCUT2D eigenvalue weighted by atomic mass is 9.92. The lowest BCUT2D eigenvalue weighted by Gasteiger charge is -2.36. The standard InChI is InChI=1S/C19H26N2O2/c1-12-8-13(2)11-21(10-12)17-9-14(3)18-15(22-4)6-7-16(23-5)19(18)20-17/h6-7,9,12-13H,8,10-11H2,1-5H3/t12-,13-/m0/s1. The summed E-state index contributed by atoms with van der Waals surface area (Å²) in [6.45, 7) is 8.88. The molecule has 124 valence electrons. The highest BCUT2D eigenvalue weighted by Gasteiger charge is 2.24. The monoisotopic (exact) mass is 314 g/mol. The van der Waals surface area contributed by atoms with E-state index in [0.29, 0.717) is 11.8 Å². The number of aromatic nitrogens is 1. The van der Waals surface area contributed by atoms with Gasteiger partial charge in [0.25, 0.3) is 0 Å². The van der Waals surface area contributed by atoms with Crippen LogP contribution < -0.4 is 14.4 Å². The van der Waals surface area contributed by atoms with E-state index in [1.807, 2.05) is 12.1 Å². The highest BCUT2D eigenvalue weighted by atomic mass is 16.5. The fourth-order valence-corrected chi connectivity index (χ4v) is 3.81. The van der Waals surface area contributed by atoms with Crippen molar-refractivity contribution in [2.75, 3.05) is 32.2 Å². The number of aryl methyl sites for hydroxylation is 1. The summed E-state index contributed by atoms with van der Waals surface area (Å²) in [4.78, 5) is 7.34. The van der Waals surface area contributed by atoms with Crippen LogP contribution in [0.15, 0.2) is 18.2 Å². The van der Waals surface area contributed by atoms with Gasteiger partial charge in [-0.25, -0.2) is 4.98 Å². The van der Waals surface area contributed by atoms with E-state index >= 15 is 0 Å². The van der Waals surface area contributed by atoms with Crippen molar-refractivity contribution in [1.29, 1.82) is 0 Å². The van der Waals surface area contributed by atoms with E-state index < -0.39 is 0 Å². The Bertz CT molecular complexity index is 704. The van der Waals surface area contributed by atoms with E-state index in [4.69, 9.17) is 14.5 Å². The quantitative estimate of drug-likeness (QED) is 0.856. The summed E-state index contributed by atoms with van der Waals surface area (Å²) in [6.07, 6.45) is 1.29. The van der Waals surface area contributed by atoms with Crippen molar-refractivity contribution in [1.82, 2.24) is 4.98 Å². The van der Waals surface area contributed by atoms with Gasteiger partial charge in [0.15, 0.2) is 0 Å². The van der Waals surface area contributed by atoms with Gasteiger partial charge in [-0.2, -0.15) is 0 Å². The highest BCUT2D eigenvalue weighted by Crippen LogP contribution is 2.36. The maximum atomic E-state index is 5.53. The first kappa shape index (κ1) is 15.9. The number of hydrogen-bond donors (Lipinski definition) is 0. The van der Waals surface area contributed by atoms with Gasteiger partial charge in [0.05, 0.1) is 14.2 Å². The van der Waals surface area contributed by atoms with Gasteiger partial charge in [-0.15, -0.1) is 0 Å². The topological polar surface area (TPSA) is 34.6 Å². The molecular weight excluding hydrogens is 288 g/mol. The Labute approximate surface area is 138 Å². The Morgan fingerprint density at radius 1 is 1.04 bits per heavy atom. The van der Waals surface area contributed by atoms with E-state index in [9.17, 15) is 0 Å². The molecule has 0 spiro atoms. The number of ether oxygens (including phenoxy) is 2. The molecule has 1 saturated heterocycles. The average molecular weight is 314 g/mol. The average Bonchev–Trinajstić information content (AvgIpc) is 2.52. The molecule has 1 aromatic heterocycles. The van der Waals surface area contributed by atoms with E-state index in [1.54, 1.807) is 14.2 Å². The Balaban J connectivity index is 2.13. The van der Waals surface area contributed by atoms with Gasteiger partial charge < -0.3 is 14.4 Å². The number of methoxy groups -OCH3 is 2. The zero-order valence-electron chi connectivity index (χ0n) is 14.7. The van der Waals surface area contributed by atoms with Crippen LogP contribution in [0.3, 0.4) is 0 Å². The summed E-state index contributed by atoms with van der Waals surface area (Å²) < 4.78 is 11.0. The Morgan fingerprint density at radius 3 is 2.26 bits per heavy atom. The molecule has 1 aromatic carbocycles. The molecule has 23 heavy (non-hydrogen) atoms. The lowest BCUT2D eigenvalue weighted by molar-refractivity contribution is 0.355. The molecule has 0 radical (unpaired) electrons. The summed E-state index contributed by atoms with van der Waals surface area (Å²) in [5, 5.41) is 1.04. The number of anilines is 1. The van der Waals surface area contributed by atoms with Crippen molar-refractivity contribution in [3.63, 3.8) is 0 Å². The fraction of sp³-hybridized carbons (Fsp3) is 0.526. The van der Waals surface area contributed by atoms with Crippen molar-refractivity contribution in [2.24, 2.45) is 11.8 Å². The highest BCUT2D eigenvalue weighted by molar-refractivity contribution is 5.94. The summed E-state index contributed by atoms with van der Waals surface area (Å²) in [6, 6.07) is 6.05. The molecule has 0 bridgehead atoms. The molecule has 2 aromatic rings. The summed E-state index contributed by atoms with van der Waals surface area (Å²) in [5.41, 5.74) is 2.05.